The van der Waals surface area contributed by atoms with Crippen molar-refractivity contribution in [1.29, 1.82) is 0 Å². The normalized spacial score (nSPS) is 12.1. The molecule has 6 heteroatoms. The highest BCUT2D eigenvalue weighted by molar-refractivity contribution is 6.12. The van der Waals surface area contributed by atoms with Crippen molar-refractivity contribution in [3.63, 3.8) is 0 Å². The summed E-state index contributed by atoms with van der Waals surface area (Å²) in [4.78, 5) is 19.6. The molecule has 6 nitrogen and oxygen atoms in total. The average molecular weight is 312 g/mol. The Labute approximate surface area is 134 Å². The van der Waals surface area contributed by atoms with Gasteiger partial charge in [-0.2, -0.15) is 0 Å². The van der Waals surface area contributed by atoms with Crippen LogP contribution in [0, 0.1) is 12.3 Å². The number of nitrogens with zero attached hydrogens (tertiary/aromatic N) is 3. The molecule has 0 spiro atoms. The topological polar surface area (TPSA) is 94.0 Å². The van der Waals surface area contributed by atoms with Gasteiger partial charge < -0.3 is 15.4 Å². The molecule has 3 aromatic rings. The molecule has 0 aliphatic carbocycles. The molecule has 3 rings (SSSR count). The Kier molecular flexibility index (Phi) is 3.47. The maximum Gasteiger partial charge on any atom is 0.303 e. The molecule has 1 aromatic carbocycles. The average Bonchev–Trinajstić information content (AvgIpc) is 2.74. The second-order valence-corrected chi connectivity index (χ2v) is 6.75. The summed E-state index contributed by atoms with van der Waals surface area (Å²) in [5.41, 5.74) is 8.55. The summed E-state index contributed by atoms with van der Waals surface area (Å²) in [7, 11) is 0. The largest absolute Gasteiger partial charge is 0.481 e. The van der Waals surface area contributed by atoms with Crippen LogP contribution in [-0.4, -0.2) is 25.6 Å². The quantitative estimate of drug-likeness (QED) is 0.772. The van der Waals surface area contributed by atoms with Crippen LogP contribution in [0.25, 0.3) is 21.9 Å². The van der Waals surface area contributed by atoms with Gasteiger partial charge in [-0.1, -0.05) is 32.0 Å². The number of hydrogen-bond acceptors (Lipinski definition) is 4. The van der Waals surface area contributed by atoms with Gasteiger partial charge in [-0.25, -0.2) is 9.97 Å². The van der Waals surface area contributed by atoms with Gasteiger partial charge in [0.25, 0.3) is 0 Å². The zero-order valence-electron chi connectivity index (χ0n) is 13.5. The van der Waals surface area contributed by atoms with E-state index in [0.717, 1.165) is 27.5 Å². The van der Waals surface area contributed by atoms with E-state index in [0.29, 0.717) is 12.4 Å². The third-order valence-corrected chi connectivity index (χ3v) is 4.11. The van der Waals surface area contributed by atoms with Crippen molar-refractivity contribution >= 4 is 33.7 Å². The highest BCUT2D eigenvalue weighted by Crippen LogP contribution is 2.35. The monoisotopic (exact) mass is 312 g/mol. The lowest BCUT2D eigenvalue weighted by Crippen LogP contribution is -2.23. The Morgan fingerprint density at radius 1 is 1.35 bits per heavy atom. The number of para-hydroxylation sites is 1. The minimum atomic E-state index is -0.804. The van der Waals surface area contributed by atoms with Crippen LogP contribution in [-0.2, 0) is 11.3 Å². The first-order valence-corrected chi connectivity index (χ1v) is 7.50. The Balaban J connectivity index is 2.30. The van der Waals surface area contributed by atoms with Gasteiger partial charge in [-0.15, -0.1) is 0 Å². The molecule has 0 saturated carbocycles. The molecule has 0 amide bonds. The van der Waals surface area contributed by atoms with Crippen LogP contribution in [0.5, 0.6) is 0 Å². The van der Waals surface area contributed by atoms with E-state index in [4.69, 9.17) is 10.8 Å². The maximum absolute atomic E-state index is 11.1. The molecule has 0 aliphatic heterocycles. The first kappa shape index (κ1) is 15.3. The van der Waals surface area contributed by atoms with Crippen LogP contribution in [0.2, 0.25) is 0 Å². The molecule has 0 radical (unpaired) electrons. The molecule has 2 aromatic heterocycles. The fourth-order valence-electron chi connectivity index (χ4n) is 3.22. The number of aliphatic carboxylic acids is 1. The minimum Gasteiger partial charge on any atom is -0.481 e. The van der Waals surface area contributed by atoms with Crippen LogP contribution in [0.3, 0.4) is 0 Å². The fraction of sp³-hybridized carbons (Fsp3) is 0.353. The molecule has 120 valence electrons. The highest BCUT2D eigenvalue weighted by atomic mass is 16.4. The SMILES string of the molecule is Cc1cccc2c3c(N)ncnc3n(CC(C)(C)CC(=O)O)c12. The standard InChI is InChI=1S/C17H20N4O2/c1-10-5-4-6-11-13-15(18)19-9-20-16(13)21(14(10)11)8-17(2,3)7-12(22)23/h4-6,9H,7-8H2,1-3H3,(H,22,23)(H2,18,19,20). The molecule has 0 atom stereocenters. The summed E-state index contributed by atoms with van der Waals surface area (Å²) in [5.74, 6) is -0.359. The molecule has 0 saturated heterocycles. The van der Waals surface area contributed by atoms with Crippen LogP contribution in [0.1, 0.15) is 25.8 Å². The van der Waals surface area contributed by atoms with Crippen molar-refractivity contribution in [1.82, 2.24) is 14.5 Å². The molecular weight excluding hydrogens is 292 g/mol. The number of rotatable bonds is 4. The van der Waals surface area contributed by atoms with Crippen molar-refractivity contribution in [2.45, 2.75) is 33.7 Å². The van der Waals surface area contributed by atoms with Gasteiger partial charge in [0.15, 0.2) is 0 Å². The van der Waals surface area contributed by atoms with E-state index in [2.05, 4.69) is 14.5 Å². The second-order valence-electron chi connectivity index (χ2n) is 6.75. The number of aryl methyl sites for hydroxylation is 1. The van der Waals surface area contributed by atoms with E-state index >= 15 is 0 Å². The highest BCUT2D eigenvalue weighted by Gasteiger charge is 2.26. The number of carbonyl (C=O) groups is 1. The number of hydrogen-bond donors (Lipinski definition) is 2. The number of fused-ring (bicyclic) bond motifs is 3. The third-order valence-electron chi connectivity index (χ3n) is 4.11. The Morgan fingerprint density at radius 3 is 2.78 bits per heavy atom. The summed E-state index contributed by atoms with van der Waals surface area (Å²) in [6, 6.07) is 6.02. The first-order valence-electron chi connectivity index (χ1n) is 7.50. The molecule has 0 unspecified atom stereocenters. The van der Waals surface area contributed by atoms with Gasteiger partial charge in [-0.05, 0) is 17.9 Å². The van der Waals surface area contributed by atoms with Crippen LogP contribution in [0.4, 0.5) is 5.82 Å². The summed E-state index contributed by atoms with van der Waals surface area (Å²) >= 11 is 0. The number of nitrogens with two attached hydrogens (primary N) is 1. The van der Waals surface area contributed by atoms with Gasteiger partial charge in [0.2, 0.25) is 0 Å². The summed E-state index contributed by atoms with van der Waals surface area (Å²) in [6.07, 6.45) is 1.53. The van der Waals surface area contributed by atoms with Gasteiger partial charge in [0.05, 0.1) is 17.3 Å². The Morgan fingerprint density at radius 2 is 2.09 bits per heavy atom. The zero-order valence-corrected chi connectivity index (χ0v) is 13.5. The van der Waals surface area contributed by atoms with Crippen LogP contribution < -0.4 is 5.73 Å². The van der Waals surface area contributed by atoms with Crippen molar-refractivity contribution in [2.24, 2.45) is 5.41 Å². The van der Waals surface area contributed by atoms with Crippen molar-refractivity contribution in [2.75, 3.05) is 5.73 Å². The van der Waals surface area contributed by atoms with Gasteiger partial charge in [0, 0.05) is 11.9 Å². The fourth-order valence-corrected chi connectivity index (χ4v) is 3.22. The number of benzene rings is 1. The predicted octanol–water partition coefficient (Wildman–Crippen LogP) is 2.98. The lowest BCUT2D eigenvalue weighted by atomic mass is 9.89. The lowest BCUT2D eigenvalue weighted by Gasteiger charge is -2.24. The molecular formula is C17H20N4O2. The van der Waals surface area contributed by atoms with Gasteiger partial charge in [0.1, 0.15) is 17.8 Å². The van der Waals surface area contributed by atoms with E-state index in [-0.39, 0.29) is 6.42 Å². The maximum atomic E-state index is 11.1. The summed E-state index contributed by atoms with van der Waals surface area (Å²) in [6.45, 7) is 6.47. The molecule has 0 fully saturated rings. The molecule has 0 bridgehead atoms. The number of nitrogen functional groups attached to an aromatic ring is 1. The Hall–Kier alpha value is -2.63. The molecule has 0 aliphatic rings. The van der Waals surface area contributed by atoms with Gasteiger partial charge in [-0.3, -0.25) is 4.79 Å². The summed E-state index contributed by atoms with van der Waals surface area (Å²) < 4.78 is 2.07. The van der Waals surface area contributed by atoms with E-state index in [1.165, 1.54) is 6.33 Å². The van der Waals surface area contributed by atoms with Crippen LogP contribution >= 0.6 is 0 Å². The first-order chi connectivity index (χ1) is 10.8. The predicted molar refractivity (Wildman–Crippen MR) is 90.2 cm³/mol. The van der Waals surface area contributed by atoms with Crippen molar-refractivity contribution in [3.05, 3.63) is 30.1 Å². The number of anilines is 1. The van der Waals surface area contributed by atoms with Crippen molar-refractivity contribution in [3.8, 4) is 0 Å². The van der Waals surface area contributed by atoms with E-state index in [1.807, 2.05) is 39.0 Å². The van der Waals surface area contributed by atoms with E-state index in [1.54, 1.807) is 0 Å². The molecule has 2 heterocycles. The number of carboxylic acids is 1. The number of carboxylic acid groups (broad SMARTS) is 1. The van der Waals surface area contributed by atoms with E-state index in [9.17, 15) is 4.79 Å². The number of aromatic nitrogens is 3. The minimum absolute atomic E-state index is 0.0839. The summed E-state index contributed by atoms with van der Waals surface area (Å²) in [5, 5.41) is 11.0. The molecule has 23 heavy (non-hydrogen) atoms. The van der Waals surface area contributed by atoms with Gasteiger partial charge >= 0.3 is 5.97 Å². The lowest BCUT2D eigenvalue weighted by molar-refractivity contribution is -0.139. The molecule has 3 N–H and O–H groups in total. The third kappa shape index (κ3) is 2.60. The van der Waals surface area contributed by atoms with Crippen LogP contribution in [0.15, 0.2) is 24.5 Å². The second kappa shape index (κ2) is 5.22. The zero-order chi connectivity index (χ0) is 16.8. The van der Waals surface area contributed by atoms with E-state index < -0.39 is 11.4 Å². The smallest absolute Gasteiger partial charge is 0.303 e. The Bertz CT molecular complexity index is 912. The van der Waals surface area contributed by atoms with Crippen molar-refractivity contribution < 1.29 is 9.90 Å².